The third-order valence-corrected chi connectivity index (χ3v) is 1.92. The van der Waals surface area contributed by atoms with Crippen LogP contribution < -0.4 is 0 Å². The van der Waals surface area contributed by atoms with Crippen LogP contribution in [0, 0.1) is 17.9 Å². The van der Waals surface area contributed by atoms with Crippen molar-refractivity contribution in [3.05, 3.63) is 35.9 Å². The standard InChI is InChI=1S/C13H13F3O/c1-10(2)8-9-17-12(13(14,15)16)11-6-4-3-5-7-11/h3-7,10,12H,1-2H3. The maximum Gasteiger partial charge on any atom is 0.430 e. The summed E-state index contributed by atoms with van der Waals surface area (Å²) in [4.78, 5) is 0. The second kappa shape index (κ2) is 5.62. The van der Waals surface area contributed by atoms with Gasteiger partial charge in [0, 0.05) is 11.5 Å². The maximum absolute atomic E-state index is 12.7. The summed E-state index contributed by atoms with van der Waals surface area (Å²) in [6.07, 6.45) is -4.34. The molecule has 0 saturated carbocycles. The molecule has 1 atom stereocenters. The molecular formula is C13H13F3O. The fourth-order valence-electron chi connectivity index (χ4n) is 1.16. The van der Waals surface area contributed by atoms with E-state index in [1.54, 1.807) is 19.9 Å². The number of rotatable bonds is 2. The van der Waals surface area contributed by atoms with E-state index < -0.39 is 12.3 Å². The number of halogens is 3. The first-order valence-corrected chi connectivity index (χ1v) is 5.19. The van der Waals surface area contributed by atoms with Gasteiger partial charge < -0.3 is 4.74 Å². The summed E-state index contributed by atoms with van der Waals surface area (Å²) in [7, 11) is 0. The van der Waals surface area contributed by atoms with Gasteiger partial charge in [-0.3, -0.25) is 0 Å². The minimum atomic E-state index is -4.47. The lowest BCUT2D eigenvalue weighted by atomic mass is 10.1. The van der Waals surface area contributed by atoms with Crippen LogP contribution in [0.2, 0.25) is 0 Å². The molecule has 4 heteroatoms. The van der Waals surface area contributed by atoms with Crippen LogP contribution in [0.5, 0.6) is 0 Å². The lowest BCUT2D eigenvalue weighted by molar-refractivity contribution is -0.205. The zero-order valence-electron chi connectivity index (χ0n) is 9.58. The Morgan fingerprint density at radius 1 is 1.12 bits per heavy atom. The van der Waals surface area contributed by atoms with Gasteiger partial charge >= 0.3 is 6.18 Å². The number of ether oxygens (including phenoxy) is 1. The highest BCUT2D eigenvalue weighted by Gasteiger charge is 2.42. The lowest BCUT2D eigenvalue weighted by Crippen LogP contribution is -2.22. The van der Waals surface area contributed by atoms with E-state index >= 15 is 0 Å². The average Bonchev–Trinajstić information content (AvgIpc) is 2.23. The smallest absolute Gasteiger partial charge is 0.429 e. The third kappa shape index (κ3) is 4.39. The topological polar surface area (TPSA) is 9.23 Å². The maximum atomic E-state index is 12.7. The van der Waals surface area contributed by atoms with E-state index in [0.29, 0.717) is 0 Å². The van der Waals surface area contributed by atoms with Gasteiger partial charge in [-0.2, -0.15) is 13.2 Å². The number of hydrogen-bond donors (Lipinski definition) is 0. The molecule has 1 nitrogen and oxygen atoms in total. The van der Waals surface area contributed by atoms with E-state index in [1.165, 1.54) is 24.3 Å². The molecule has 0 spiro atoms. The van der Waals surface area contributed by atoms with Crippen LogP contribution in [-0.4, -0.2) is 6.18 Å². The summed E-state index contributed by atoms with van der Waals surface area (Å²) >= 11 is 0. The van der Waals surface area contributed by atoms with Gasteiger partial charge in [-0.05, 0) is 0 Å². The molecule has 0 aromatic heterocycles. The molecule has 1 aromatic rings. The summed E-state index contributed by atoms with van der Waals surface area (Å²) < 4.78 is 42.8. The van der Waals surface area contributed by atoms with Crippen molar-refractivity contribution in [2.45, 2.75) is 26.1 Å². The van der Waals surface area contributed by atoms with Crippen molar-refractivity contribution >= 4 is 0 Å². The summed E-state index contributed by atoms with van der Waals surface area (Å²) in [5.74, 6) is 2.52. The van der Waals surface area contributed by atoms with Crippen molar-refractivity contribution in [3.8, 4) is 12.0 Å². The minimum absolute atomic E-state index is 0.0281. The van der Waals surface area contributed by atoms with E-state index in [9.17, 15) is 13.2 Å². The van der Waals surface area contributed by atoms with Gasteiger partial charge in [-0.1, -0.05) is 50.1 Å². The van der Waals surface area contributed by atoms with Crippen LogP contribution in [0.15, 0.2) is 30.3 Å². The van der Waals surface area contributed by atoms with Crippen molar-refractivity contribution in [3.63, 3.8) is 0 Å². The Bertz CT molecular complexity index is 398. The van der Waals surface area contributed by atoms with Crippen LogP contribution in [0.1, 0.15) is 25.5 Å². The van der Waals surface area contributed by atoms with Crippen molar-refractivity contribution < 1.29 is 17.9 Å². The molecule has 0 saturated heterocycles. The van der Waals surface area contributed by atoms with E-state index in [4.69, 9.17) is 0 Å². The Hall–Kier alpha value is -1.63. The Balaban J connectivity index is 2.88. The van der Waals surface area contributed by atoms with E-state index in [2.05, 4.69) is 16.8 Å². The second-order valence-corrected chi connectivity index (χ2v) is 3.85. The molecule has 0 N–H and O–H groups in total. The van der Waals surface area contributed by atoms with Crippen LogP contribution in [0.4, 0.5) is 13.2 Å². The number of alkyl halides is 3. The Morgan fingerprint density at radius 3 is 2.18 bits per heavy atom. The predicted molar refractivity (Wildman–Crippen MR) is 58.9 cm³/mol. The Morgan fingerprint density at radius 2 is 1.71 bits per heavy atom. The number of hydrogen-bond acceptors (Lipinski definition) is 1. The highest BCUT2D eigenvalue weighted by atomic mass is 19.4. The van der Waals surface area contributed by atoms with Crippen molar-refractivity contribution in [1.82, 2.24) is 0 Å². The van der Waals surface area contributed by atoms with Crippen LogP contribution in [0.3, 0.4) is 0 Å². The molecule has 0 fully saturated rings. The minimum Gasteiger partial charge on any atom is -0.429 e. The molecule has 17 heavy (non-hydrogen) atoms. The quantitative estimate of drug-likeness (QED) is 0.714. The summed E-state index contributed by atoms with van der Waals surface area (Å²) in [6, 6.07) is 7.46. The lowest BCUT2D eigenvalue weighted by Gasteiger charge is -2.18. The van der Waals surface area contributed by atoms with Crippen molar-refractivity contribution in [1.29, 1.82) is 0 Å². The van der Waals surface area contributed by atoms with Crippen molar-refractivity contribution in [2.24, 2.45) is 5.92 Å². The molecule has 0 aliphatic rings. The van der Waals surface area contributed by atoms with Gasteiger partial charge in [0.2, 0.25) is 6.10 Å². The Labute approximate surface area is 98.6 Å². The van der Waals surface area contributed by atoms with Gasteiger partial charge in [0.1, 0.15) is 6.11 Å². The zero-order valence-corrected chi connectivity index (χ0v) is 9.58. The van der Waals surface area contributed by atoms with Gasteiger partial charge in [0.15, 0.2) is 0 Å². The largest absolute Gasteiger partial charge is 0.430 e. The highest BCUT2D eigenvalue weighted by Crippen LogP contribution is 2.35. The fourth-order valence-corrected chi connectivity index (χ4v) is 1.16. The van der Waals surface area contributed by atoms with Crippen LogP contribution in [0.25, 0.3) is 0 Å². The van der Waals surface area contributed by atoms with Crippen LogP contribution in [-0.2, 0) is 4.74 Å². The third-order valence-electron chi connectivity index (χ3n) is 1.92. The molecule has 1 rings (SSSR count). The molecule has 1 aromatic carbocycles. The number of benzene rings is 1. The van der Waals surface area contributed by atoms with E-state index in [-0.39, 0.29) is 11.5 Å². The highest BCUT2D eigenvalue weighted by molar-refractivity contribution is 5.19. The summed E-state index contributed by atoms with van der Waals surface area (Å²) in [6.45, 7) is 3.56. The first-order chi connectivity index (χ1) is 7.91. The van der Waals surface area contributed by atoms with Crippen LogP contribution >= 0.6 is 0 Å². The molecule has 0 bridgehead atoms. The molecule has 0 aliphatic heterocycles. The predicted octanol–water partition coefficient (Wildman–Crippen LogP) is 3.92. The molecule has 0 aliphatic carbocycles. The summed E-state index contributed by atoms with van der Waals surface area (Å²) in [5.41, 5.74) is 0.0538. The average molecular weight is 242 g/mol. The second-order valence-electron chi connectivity index (χ2n) is 3.85. The van der Waals surface area contributed by atoms with Gasteiger partial charge in [0.05, 0.1) is 0 Å². The fraction of sp³-hybridized carbons (Fsp3) is 0.385. The molecule has 92 valence electrons. The molecule has 0 heterocycles. The molecule has 1 unspecified atom stereocenters. The monoisotopic (exact) mass is 242 g/mol. The van der Waals surface area contributed by atoms with Gasteiger partial charge in [-0.15, -0.1) is 0 Å². The first-order valence-electron chi connectivity index (χ1n) is 5.19. The summed E-state index contributed by atoms with van der Waals surface area (Å²) in [5, 5.41) is 0. The molecular weight excluding hydrogens is 229 g/mol. The van der Waals surface area contributed by atoms with E-state index in [0.717, 1.165) is 0 Å². The van der Waals surface area contributed by atoms with E-state index in [1.807, 2.05) is 0 Å². The normalized spacial score (nSPS) is 12.8. The molecule has 0 amide bonds. The van der Waals surface area contributed by atoms with Gasteiger partial charge in [-0.25, -0.2) is 0 Å². The zero-order chi connectivity index (χ0) is 12.9. The SMILES string of the molecule is CC(C)C#COC(c1ccccc1)C(F)(F)F. The molecule has 0 radical (unpaired) electrons. The Kier molecular flexibility index (Phi) is 4.45. The van der Waals surface area contributed by atoms with Crippen molar-refractivity contribution in [2.75, 3.05) is 0 Å². The van der Waals surface area contributed by atoms with Gasteiger partial charge in [0.25, 0.3) is 0 Å². The first kappa shape index (κ1) is 13.4.